The summed E-state index contributed by atoms with van der Waals surface area (Å²) < 4.78 is 0. The molecule has 6 nitrogen and oxygen atoms in total. The van der Waals surface area contributed by atoms with Crippen molar-refractivity contribution in [2.75, 3.05) is 27.2 Å². The smallest absolute Gasteiger partial charge is 0.243 e. The molecule has 0 fully saturated rings. The Morgan fingerprint density at radius 3 is 2.62 bits per heavy atom. The molecule has 1 heterocycles. The first-order valence-corrected chi connectivity index (χ1v) is 11.9. The average molecular weight is 570 g/mol. The summed E-state index contributed by atoms with van der Waals surface area (Å²) in [5.41, 5.74) is 4.01. The van der Waals surface area contributed by atoms with Gasteiger partial charge in [0.25, 0.3) is 0 Å². The van der Waals surface area contributed by atoms with Crippen molar-refractivity contribution in [1.82, 2.24) is 20.5 Å². The van der Waals surface area contributed by atoms with Gasteiger partial charge in [-0.15, -0.1) is 35.3 Å². The van der Waals surface area contributed by atoms with Crippen molar-refractivity contribution in [2.24, 2.45) is 4.99 Å². The van der Waals surface area contributed by atoms with Crippen molar-refractivity contribution >= 4 is 47.2 Å². The molecule has 0 spiro atoms. The topological polar surface area (TPSA) is 69.6 Å². The SMILES string of the molecule is CN(C)C(=O)CN=C(NCCc1csc(C(C)(C)C)n1)NC1CCc2ccccc2C1.I. The van der Waals surface area contributed by atoms with Gasteiger partial charge in [0.2, 0.25) is 5.91 Å². The van der Waals surface area contributed by atoms with Crippen LogP contribution in [0.3, 0.4) is 0 Å². The Bertz CT molecular complexity index is 919. The molecule has 0 radical (unpaired) electrons. The van der Waals surface area contributed by atoms with E-state index in [1.165, 1.54) is 11.1 Å². The number of hydrogen-bond acceptors (Lipinski definition) is 4. The third kappa shape index (κ3) is 7.72. The molecule has 2 aromatic rings. The third-order valence-electron chi connectivity index (χ3n) is 5.43. The number of nitrogens with zero attached hydrogens (tertiary/aromatic N) is 3. The van der Waals surface area contributed by atoms with E-state index in [0.29, 0.717) is 12.0 Å². The predicted molar refractivity (Wildman–Crippen MR) is 144 cm³/mol. The number of aliphatic imine (C=N–C) groups is 1. The summed E-state index contributed by atoms with van der Waals surface area (Å²) in [6.07, 6.45) is 3.91. The van der Waals surface area contributed by atoms with Crippen LogP contribution in [-0.4, -0.2) is 55.0 Å². The first-order chi connectivity index (χ1) is 14.7. The van der Waals surface area contributed by atoms with E-state index in [1.807, 2.05) is 0 Å². The van der Waals surface area contributed by atoms with Crippen LogP contribution in [-0.2, 0) is 29.5 Å². The van der Waals surface area contributed by atoms with Gasteiger partial charge in [0, 0.05) is 43.9 Å². The molecule has 2 N–H and O–H groups in total. The fourth-order valence-corrected chi connectivity index (χ4v) is 4.47. The molecule has 8 heteroatoms. The van der Waals surface area contributed by atoms with Gasteiger partial charge in [-0.2, -0.15) is 0 Å². The molecule has 1 aliphatic rings. The maximum atomic E-state index is 12.0. The maximum Gasteiger partial charge on any atom is 0.243 e. The Hall–Kier alpha value is -1.68. The minimum Gasteiger partial charge on any atom is -0.356 e. The number of hydrogen-bond donors (Lipinski definition) is 2. The summed E-state index contributed by atoms with van der Waals surface area (Å²) >= 11 is 1.72. The van der Waals surface area contributed by atoms with Crippen LogP contribution in [0.5, 0.6) is 0 Å². The number of carbonyl (C=O) groups is 1. The van der Waals surface area contributed by atoms with Crippen LogP contribution >= 0.6 is 35.3 Å². The van der Waals surface area contributed by atoms with Crippen LogP contribution < -0.4 is 10.6 Å². The highest BCUT2D eigenvalue weighted by Crippen LogP contribution is 2.25. The molecule has 1 aromatic carbocycles. The molecule has 0 bridgehead atoms. The van der Waals surface area contributed by atoms with Gasteiger partial charge in [0.05, 0.1) is 10.7 Å². The Morgan fingerprint density at radius 1 is 1.25 bits per heavy atom. The molecule has 0 aliphatic heterocycles. The molecule has 1 aliphatic carbocycles. The van der Waals surface area contributed by atoms with Crippen molar-refractivity contribution in [3.05, 3.63) is 51.5 Å². The quantitative estimate of drug-likeness (QED) is 0.316. The number of carbonyl (C=O) groups excluding carboxylic acids is 1. The number of amides is 1. The Kier molecular flexibility index (Phi) is 9.94. The van der Waals surface area contributed by atoms with Crippen molar-refractivity contribution in [2.45, 2.75) is 57.9 Å². The predicted octanol–water partition coefficient (Wildman–Crippen LogP) is 3.78. The zero-order chi connectivity index (χ0) is 22.4. The van der Waals surface area contributed by atoms with Gasteiger partial charge in [0.15, 0.2) is 5.96 Å². The number of fused-ring (bicyclic) bond motifs is 1. The van der Waals surface area contributed by atoms with Gasteiger partial charge in [-0.3, -0.25) is 4.79 Å². The monoisotopic (exact) mass is 569 g/mol. The van der Waals surface area contributed by atoms with E-state index in [-0.39, 0.29) is 41.8 Å². The number of benzene rings is 1. The lowest BCUT2D eigenvalue weighted by molar-refractivity contribution is -0.127. The Balaban J connectivity index is 0.00000363. The van der Waals surface area contributed by atoms with Crippen LogP contribution in [0.25, 0.3) is 0 Å². The van der Waals surface area contributed by atoms with E-state index in [4.69, 9.17) is 4.98 Å². The van der Waals surface area contributed by atoms with Crippen LogP contribution in [0.2, 0.25) is 0 Å². The molecule has 1 amide bonds. The van der Waals surface area contributed by atoms with Gasteiger partial charge >= 0.3 is 0 Å². The fraction of sp³-hybridized carbons (Fsp3) is 0.542. The second-order valence-corrected chi connectivity index (χ2v) is 10.2. The van der Waals surface area contributed by atoms with Gasteiger partial charge in [-0.25, -0.2) is 9.98 Å². The number of nitrogens with one attached hydrogen (secondary N) is 2. The lowest BCUT2D eigenvalue weighted by atomic mass is 9.88. The van der Waals surface area contributed by atoms with E-state index in [9.17, 15) is 4.79 Å². The number of guanidine groups is 1. The second-order valence-electron chi connectivity index (χ2n) is 9.38. The fourth-order valence-electron chi connectivity index (χ4n) is 3.53. The van der Waals surface area contributed by atoms with E-state index in [1.54, 1.807) is 30.3 Å². The summed E-state index contributed by atoms with van der Waals surface area (Å²) in [4.78, 5) is 23.0. The minimum atomic E-state index is -0.00981. The van der Waals surface area contributed by atoms with E-state index < -0.39 is 0 Å². The van der Waals surface area contributed by atoms with E-state index >= 15 is 0 Å². The molecule has 0 saturated carbocycles. The molecule has 1 atom stereocenters. The highest BCUT2D eigenvalue weighted by molar-refractivity contribution is 14.0. The molecule has 1 unspecified atom stereocenters. The van der Waals surface area contributed by atoms with Crippen LogP contribution in [0.15, 0.2) is 34.6 Å². The van der Waals surface area contributed by atoms with Crippen LogP contribution in [0.1, 0.15) is 49.0 Å². The first kappa shape index (κ1) is 26.6. The number of aryl methyl sites for hydroxylation is 1. The molecule has 3 rings (SSSR count). The number of aromatic nitrogens is 1. The second kappa shape index (κ2) is 12.0. The average Bonchev–Trinajstić information content (AvgIpc) is 3.21. The van der Waals surface area contributed by atoms with E-state index in [2.05, 4.69) is 66.0 Å². The minimum absolute atomic E-state index is 0. The van der Waals surface area contributed by atoms with Crippen molar-refractivity contribution in [3.8, 4) is 0 Å². The Labute approximate surface area is 213 Å². The largest absolute Gasteiger partial charge is 0.356 e. The summed E-state index contributed by atoms with van der Waals surface area (Å²) in [6, 6.07) is 8.94. The number of likely N-dealkylation sites (N-methyl/N-ethyl adjacent to an activating group) is 1. The van der Waals surface area contributed by atoms with Crippen LogP contribution in [0, 0.1) is 0 Å². The number of halogens is 1. The lowest BCUT2D eigenvalue weighted by Gasteiger charge is -2.27. The molecule has 176 valence electrons. The number of rotatable bonds is 6. The number of thiazole rings is 1. The van der Waals surface area contributed by atoms with Gasteiger partial charge < -0.3 is 15.5 Å². The normalized spacial score (nSPS) is 16.0. The van der Waals surface area contributed by atoms with Crippen molar-refractivity contribution in [3.63, 3.8) is 0 Å². The molecule has 1 aromatic heterocycles. The highest BCUT2D eigenvalue weighted by Gasteiger charge is 2.20. The first-order valence-electron chi connectivity index (χ1n) is 11.0. The van der Waals surface area contributed by atoms with Gasteiger partial charge in [-0.05, 0) is 30.4 Å². The van der Waals surface area contributed by atoms with Crippen LogP contribution in [0.4, 0.5) is 0 Å². The highest BCUT2D eigenvalue weighted by atomic mass is 127. The Morgan fingerprint density at radius 2 is 1.97 bits per heavy atom. The zero-order valence-corrected chi connectivity index (χ0v) is 22.9. The summed E-state index contributed by atoms with van der Waals surface area (Å²) in [7, 11) is 3.51. The summed E-state index contributed by atoms with van der Waals surface area (Å²) in [5.74, 6) is 0.690. The summed E-state index contributed by atoms with van der Waals surface area (Å²) in [5, 5.41) is 10.3. The molecule has 0 saturated heterocycles. The third-order valence-corrected chi connectivity index (χ3v) is 6.74. The van der Waals surface area contributed by atoms with Gasteiger partial charge in [0.1, 0.15) is 6.54 Å². The molecular weight excluding hydrogens is 533 g/mol. The maximum absolute atomic E-state index is 12.0. The lowest BCUT2D eigenvalue weighted by Crippen LogP contribution is -2.46. The van der Waals surface area contributed by atoms with Crippen molar-refractivity contribution in [1.29, 1.82) is 0 Å². The van der Waals surface area contributed by atoms with E-state index in [0.717, 1.165) is 42.9 Å². The molecule has 32 heavy (non-hydrogen) atoms. The standard InChI is InChI=1S/C24H35N5OS.HI/c1-24(2,3)22-27-20(16-31-22)12-13-25-23(26-15-21(30)29(4)5)28-19-11-10-17-8-6-7-9-18(17)14-19;/h6-9,16,19H,10-15H2,1-5H3,(H2,25,26,28);1H. The summed E-state index contributed by atoms with van der Waals surface area (Å²) in [6.45, 7) is 7.42. The molecular formula is C24H36IN5OS. The van der Waals surface area contributed by atoms with Gasteiger partial charge in [-0.1, -0.05) is 45.0 Å². The zero-order valence-electron chi connectivity index (χ0n) is 19.8. The van der Waals surface area contributed by atoms with Crippen molar-refractivity contribution < 1.29 is 4.79 Å².